The molecule has 0 spiro atoms. The first-order chi connectivity index (χ1) is 9.70. The fourth-order valence-electron chi connectivity index (χ4n) is 1.62. The van der Waals surface area contributed by atoms with E-state index in [9.17, 15) is 4.79 Å². The number of aromatic nitrogens is 1. The third-order valence-corrected chi connectivity index (χ3v) is 3.22. The smallest absolute Gasteiger partial charge is 0.258 e. The van der Waals surface area contributed by atoms with Crippen LogP contribution in [0.25, 0.3) is 0 Å². The lowest BCUT2D eigenvalue weighted by Crippen LogP contribution is -2.13. The van der Waals surface area contributed by atoms with Crippen LogP contribution in [0.4, 0.5) is 5.13 Å². The van der Waals surface area contributed by atoms with E-state index in [1.54, 1.807) is 17.6 Å². The van der Waals surface area contributed by atoms with Crippen LogP contribution in [-0.4, -0.2) is 22.6 Å². The molecule has 0 atom stereocenters. The number of anilines is 1. The summed E-state index contributed by atoms with van der Waals surface area (Å²) in [5.41, 5.74) is 2.20. The first kappa shape index (κ1) is 14.3. The molecule has 0 radical (unpaired) electrons. The zero-order chi connectivity index (χ0) is 14.4. The van der Waals surface area contributed by atoms with Crippen molar-refractivity contribution in [2.75, 3.05) is 11.9 Å². The average molecular weight is 286 g/mol. The molecule has 2 aromatic rings. The van der Waals surface area contributed by atoms with Crippen molar-refractivity contribution < 1.29 is 9.90 Å². The van der Waals surface area contributed by atoms with Crippen LogP contribution in [0, 0.1) is 18.8 Å². The fraction of sp³-hybridized carbons (Fsp3) is 0.200. The van der Waals surface area contributed by atoms with Gasteiger partial charge in [-0.05, 0) is 24.6 Å². The van der Waals surface area contributed by atoms with E-state index in [4.69, 9.17) is 5.11 Å². The van der Waals surface area contributed by atoms with Crippen molar-refractivity contribution >= 4 is 22.4 Å². The number of rotatable bonds is 3. The summed E-state index contributed by atoms with van der Waals surface area (Å²) in [5.74, 6) is 5.54. The monoisotopic (exact) mass is 286 g/mol. The van der Waals surface area contributed by atoms with Crippen molar-refractivity contribution in [2.24, 2.45) is 0 Å². The van der Waals surface area contributed by atoms with Gasteiger partial charge in [-0.15, -0.1) is 11.3 Å². The number of hydrogen-bond acceptors (Lipinski definition) is 4. The van der Waals surface area contributed by atoms with Crippen molar-refractivity contribution in [3.8, 4) is 11.8 Å². The molecule has 0 aliphatic carbocycles. The largest absolute Gasteiger partial charge is 0.395 e. The molecule has 0 saturated heterocycles. The highest BCUT2D eigenvalue weighted by molar-refractivity contribution is 7.13. The highest BCUT2D eigenvalue weighted by Crippen LogP contribution is 2.15. The second-order valence-electron chi connectivity index (χ2n) is 4.12. The average Bonchev–Trinajstić information content (AvgIpc) is 2.92. The number of thiazole rings is 1. The zero-order valence-corrected chi connectivity index (χ0v) is 11.8. The Kier molecular flexibility index (Phi) is 4.88. The number of carbonyl (C=O) groups excluding carboxylic acids is 1. The highest BCUT2D eigenvalue weighted by Gasteiger charge is 2.11. The van der Waals surface area contributed by atoms with E-state index >= 15 is 0 Å². The van der Waals surface area contributed by atoms with Crippen LogP contribution in [0.5, 0.6) is 0 Å². The van der Waals surface area contributed by atoms with E-state index in [0.29, 0.717) is 22.7 Å². The van der Waals surface area contributed by atoms with Crippen molar-refractivity contribution in [3.63, 3.8) is 0 Å². The Morgan fingerprint density at radius 3 is 3.05 bits per heavy atom. The lowest BCUT2D eigenvalue weighted by molar-refractivity contribution is 0.102. The van der Waals surface area contributed by atoms with Crippen molar-refractivity contribution in [1.29, 1.82) is 0 Å². The maximum absolute atomic E-state index is 12.2. The van der Waals surface area contributed by atoms with Gasteiger partial charge in [-0.3, -0.25) is 10.1 Å². The third kappa shape index (κ3) is 3.67. The molecule has 2 N–H and O–H groups in total. The normalized spacial score (nSPS) is 9.70. The van der Waals surface area contributed by atoms with Crippen molar-refractivity contribution in [1.82, 2.24) is 4.98 Å². The van der Waals surface area contributed by atoms with Crippen LogP contribution in [-0.2, 0) is 0 Å². The van der Waals surface area contributed by atoms with Crippen LogP contribution in [0.1, 0.15) is 27.9 Å². The highest BCUT2D eigenvalue weighted by atomic mass is 32.1. The summed E-state index contributed by atoms with van der Waals surface area (Å²) < 4.78 is 0. The molecule has 0 aliphatic heterocycles. The van der Waals surface area contributed by atoms with E-state index in [-0.39, 0.29) is 12.5 Å². The van der Waals surface area contributed by atoms with Gasteiger partial charge in [-0.25, -0.2) is 4.98 Å². The summed E-state index contributed by atoms with van der Waals surface area (Å²) in [6, 6.07) is 5.48. The topological polar surface area (TPSA) is 62.2 Å². The van der Waals surface area contributed by atoms with E-state index in [1.165, 1.54) is 11.3 Å². The number of nitrogens with one attached hydrogen (secondary N) is 1. The number of amides is 1. The lowest BCUT2D eigenvalue weighted by Gasteiger charge is -2.05. The van der Waals surface area contributed by atoms with E-state index in [1.807, 2.05) is 19.1 Å². The molecule has 20 heavy (non-hydrogen) atoms. The quantitative estimate of drug-likeness (QED) is 0.852. The summed E-state index contributed by atoms with van der Waals surface area (Å²) in [5, 5.41) is 13.9. The van der Waals surface area contributed by atoms with Gasteiger partial charge in [0.15, 0.2) is 5.13 Å². The predicted molar refractivity (Wildman–Crippen MR) is 79.8 cm³/mol. The molecule has 4 nitrogen and oxygen atoms in total. The Labute approximate surface area is 121 Å². The molecular formula is C15H14N2O2S. The summed E-state index contributed by atoms with van der Waals surface area (Å²) in [7, 11) is 0. The Morgan fingerprint density at radius 2 is 2.35 bits per heavy atom. The number of hydrogen-bond donors (Lipinski definition) is 2. The van der Waals surface area contributed by atoms with Crippen molar-refractivity contribution in [3.05, 3.63) is 46.5 Å². The fourth-order valence-corrected chi connectivity index (χ4v) is 2.15. The van der Waals surface area contributed by atoms with Gasteiger partial charge in [0.2, 0.25) is 0 Å². The second kappa shape index (κ2) is 6.85. The van der Waals surface area contributed by atoms with Crippen LogP contribution >= 0.6 is 11.3 Å². The molecule has 1 aromatic carbocycles. The number of aryl methyl sites for hydroxylation is 1. The van der Waals surface area contributed by atoms with Gasteiger partial charge < -0.3 is 5.11 Å². The Hall–Kier alpha value is -2.16. The maximum atomic E-state index is 12.2. The maximum Gasteiger partial charge on any atom is 0.258 e. The SMILES string of the molecule is Cc1ccc(C(=O)Nc2nccs2)c(C#CCCO)c1. The molecule has 1 aromatic heterocycles. The minimum absolute atomic E-state index is 0.0134. The Balaban J connectivity index is 2.26. The Morgan fingerprint density at radius 1 is 1.50 bits per heavy atom. The van der Waals surface area contributed by atoms with Crippen LogP contribution in [0.3, 0.4) is 0 Å². The number of aliphatic hydroxyl groups excluding tert-OH is 1. The van der Waals surface area contributed by atoms with Crippen LogP contribution in [0.2, 0.25) is 0 Å². The number of benzene rings is 1. The van der Waals surface area contributed by atoms with E-state index in [2.05, 4.69) is 22.1 Å². The lowest BCUT2D eigenvalue weighted by atomic mass is 10.0. The van der Waals surface area contributed by atoms with Crippen LogP contribution in [0.15, 0.2) is 29.8 Å². The molecule has 1 heterocycles. The van der Waals surface area contributed by atoms with Crippen molar-refractivity contribution in [2.45, 2.75) is 13.3 Å². The number of aliphatic hydroxyl groups is 1. The summed E-state index contributed by atoms with van der Waals surface area (Å²) in [6.45, 7) is 1.96. The first-order valence-corrected chi connectivity index (χ1v) is 7.00. The number of carbonyl (C=O) groups is 1. The molecule has 102 valence electrons. The van der Waals surface area contributed by atoms with Gasteiger partial charge in [-0.1, -0.05) is 17.9 Å². The Bertz CT molecular complexity index is 654. The summed E-state index contributed by atoms with van der Waals surface area (Å²) in [4.78, 5) is 16.2. The predicted octanol–water partition coefficient (Wildman–Crippen LogP) is 2.44. The minimum Gasteiger partial charge on any atom is -0.395 e. The molecule has 0 saturated carbocycles. The van der Waals surface area contributed by atoms with E-state index < -0.39 is 0 Å². The van der Waals surface area contributed by atoms with Gasteiger partial charge in [0.05, 0.1) is 12.2 Å². The molecular weight excluding hydrogens is 272 g/mol. The van der Waals surface area contributed by atoms with Gasteiger partial charge in [0.1, 0.15) is 0 Å². The molecule has 1 amide bonds. The minimum atomic E-state index is -0.228. The van der Waals surface area contributed by atoms with E-state index in [0.717, 1.165) is 5.56 Å². The molecule has 5 heteroatoms. The third-order valence-electron chi connectivity index (χ3n) is 2.53. The standard InChI is InChI=1S/C15H14N2O2S/c1-11-5-6-13(12(10-11)4-2-3-8-18)14(19)17-15-16-7-9-20-15/h5-7,9-10,18H,3,8H2,1H3,(H,16,17,19). The van der Waals surface area contributed by atoms with Gasteiger partial charge in [-0.2, -0.15) is 0 Å². The second-order valence-corrected chi connectivity index (χ2v) is 5.01. The summed E-state index contributed by atoms with van der Waals surface area (Å²) in [6.07, 6.45) is 2.03. The zero-order valence-electron chi connectivity index (χ0n) is 11.0. The molecule has 0 aliphatic rings. The van der Waals surface area contributed by atoms with Gasteiger partial charge in [0, 0.05) is 23.6 Å². The molecule has 0 fully saturated rings. The molecule has 0 bridgehead atoms. The van der Waals surface area contributed by atoms with Gasteiger partial charge >= 0.3 is 0 Å². The number of nitrogens with zero attached hydrogens (tertiary/aromatic N) is 1. The van der Waals surface area contributed by atoms with Crippen LogP contribution < -0.4 is 5.32 Å². The molecule has 0 unspecified atom stereocenters. The summed E-state index contributed by atoms with van der Waals surface area (Å²) >= 11 is 1.36. The van der Waals surface area contributed by atoms with Gasteiger partial charge in [0.25, 0.3) is 5.91 Å². The molecule has 2 rings (SSSR count). The first-order valence-electron chi connectivity index (χ1n) is 6.12.